The minimum Gasteiger partial charge on any atom is -0.462 e. The second kappa shape index (κ2) is 35.1. The molecule has 0 aromatic heterocycles. The Kier molecular flexibility index (Phi) is 33.8. The molecule has 0 saturated heterocycles. The molecular weight excluding hydrogens is 629 g/mol. The molecule has 3 N–H and O–H groups in total. The Morgan fingerprint density at radius 1 is 0.625 bits per heavy atom. The Balaban J connectivity index is 4.27. The van der Waals surface area contributed by atoms with Gasteiger partial charge in [-0.1, -0.05) is 121 Å². The molecule has 0 aliphatic carbocycles. The van der Waals surface area contributed by atoms with E-state index in [0.717, 1.165) is 83.5 Å². The fourth-order valence-corrected chi connectivity index (χ4v) is 5.64. The quantitative estimate of drug-likeness (QED) is 0.0287. The zero-order valence-electron chi connectivity index (χ0n) is 30.5. The van der Waals surface area contributed by atoms with E-state index in [1.165, 1.54) is 44.9 Å². The van der Waals surface area contributed by atoms with E-state index in [4.69, 9.17) is 24.3 Å². The summed E-state index contributed by atoms with van der Waals surface area (Å²) >= 11 is 0. The van der Waals surface area contributed by atoms with Gasteiger partial charge in [-0.2, -0.15) is 0 Å². The number of nitrogens with two attached hydrogens (primary N) is 1. The van der Waals surface area contributed by atoms with E-state index in [1.54, 1.807) is 0 Å². The molecule has 0 radical (unpaired) electrons. The summed E-state index contributed by atoms with van der Waals surface area (Å²) in [5.41, 5.74) is 5.33. The van der Waals surface area contributed by atoms with Crippen molar-refractivity contribution in [3.05, 3.63) is 36.5 Å². The maximum Gasteiger partial charge on any atom is 0.472 e. The van der Waals surface area contributed by atoms with Crippen molar-refractivity contribution in [2.45, 2.75) is 168 Å². The summed E-state index contributed by atoms with van der Waals surface area (Å²) in [7, 11) is -4.37. The lowest BCUT2D eigenvalue weighted by Gasteiger charge is -2.19. The predicted molar refractivity (Wildman–Crippen MR) is 197 cm³/mol. The number of esters is 2. The molecule has 2 unspecified atom stereocenters. The Bertz CT molecular complexity index is 892. The Labute approximate surface area is 293 Å². The van der Waals surface area contributed by atoms with Crippen molar-refractivity contribution < 1.29 is 37.6 Å². The number of phosphoric acid groups is 1. The summed E-state index contributed by atoms with van der Waals surface area (Å²) in [6, 6.07) is 0. The van der Waals surface area contributed by atoms with Gasteiger partial charge in [0.1, 0.15) is 6.61 Å². The molecule has 10 heteroatoms. The minimum atomic E-state index is -4.37. The third kappa shape index (κ3) is 34.1. The average molecular weight is 700 g/mol. The van der Waals surface area contributed by atoms with Gasteiger partial charge < -0.3 is 20.1 Å². The fraction of sp³-hybridized carbons (Fsp3) is 0.789. The van der Waals surface area contributed by atoms with Crippen molar-refractivity contribution in [2.75, 3.05) is 26.4 Å². The summed E-state index contributed by atoms with van der Waals surface area (Å²) in [5, 5.41) is 0. The first kappa shape index (κ1) is 46.2. The van der Waals surface area contributed by atoms with Crippen LogP contribution in [0.5, 0.6) is 0 Å². The first-order valence-corrected chi connectivity index (χ1v) is 20.5. The molecule has 0 spiro atoms. The summed E-state index contributed by atoms with van der Waals surface area (Å²) in [5.74, 6) is -0.858. The molecule has 0 aromatic carbocycles. The molecule has 0 amide bonds. The zero-order chi connectivity index (χ0) is 35.4. The van der Waals surface area contributed by atoms with Crippen molar-refractivity contribution in [3.63, 3.8) is 0 Å². The van der Waals surface area contributed by atoms with Crippen LogP contribution in [0.1, 0.15) is 162 Å². The van der Waals surface area contributed by atoms with Gasteiger partial charge in [0.15, 0.2) is 6.10 Å². The van der Waals surface area contributed by atoms with Gasteiger partial charge in [0.25, 0.3) is 0 Å². The number of carbonyl (C=O) groups is 2. The third-order valence-corrected chi connectivity index (χ3v) is 8.73. The number of unbranched alkanes of at least 4 members (excludes halogenated alkanes) is 16. The smallest absolute Gasteiger partial charge is 0.462 e. The molecule has 0 aliphatic rings. The molecule has 0 aromatic rings. The zero-order valence-corrected chi connectivity index (χ0v) is 31.4. The normalized spacial score (nSPS) is 13.8. The first-order chi connectivity index (χ1) is 23.3. The van der Waals surface area contributed by atoms with Crippen molar-refractivity contribution >= 4 is 19.8 Å². The predicted octanol–water partition coefficient (Wildman–Crippen LogP) is 10.2. The van der Waals surface area contributed by atoms with Crippen LogP contribution in [-0.4, -0.2) is 49.3 Å². The molecule has 280 valence electrons. The van der Waals surface area contributed by atoms with Crippen LogP contribution in [0.15, 0.2) is 36.5 Å². The molecular formula is C38H70NO8P. The number of rotatable bonds is 35. The SMILES string of the molecule is CCCC/C=C\C/C=C\CCCCCCCC(=O)OC(COC(=O)CCCCCCC/C=C\CCCCCC)COP(=O)(O)OCCN. The van der Waals surface area contributed by atoms with E-state index < -0.39 is 32.5 Å². The molecule has 0 bridgehead atoms. The van der Waals surface area contributed by atoms with Crippen LogP contribution in [0.25, 0.3) is 0 Å². The molecule has 0 saturated carbocycles. The lowest BCUT2D eigenvalue weighted by molar-refractivity contribution is -0.161. The number of phosphoric ester groups is 1. The molecule has 0 rings (SSSR count). The van der Waals surface area contributed by atoms with Crippen molar-refractivity contribution in [1.29, 1.82) is 0 Å². The number of hydrogen-bond acceptors (Lipinski definition) is 8. The van der Waals surface area contributed by atoms with Crippen LogP contribution in [0.3, 0.4) is 0 Å². The van der Waals surface area contributed by atoms with Crippen LogP contribution in [0, 0.1) is 0 Å². The van der Waals surface area contributed by atoms with Crippen LogP contribution < -0.4 is 5.73 Å². The molecule has 0 aliphatic heterocycles. The largest absolute Gasteiger partial charge is 0.472 e. The van der Waals surface area contributed by atoms with Crippen LogP contribution in [0.2, 0.25) is 0 Å². The Morgan fingerprint density at radius 3 is 1.67 bits per heavy atom. The topological polar surface area (TPSA) is 134 Å². The van der Waals surface area contributed by atoms with Gasteiger partial charge in [-0.15, -0.1) is 0 Å². The number of allylic oxidation sites excluding steroid dienone is 6. The number of ether oxygens (including phenoxy) is 2. The van der Waals surface area contributed by atoms with Crippen molar-refractivity contribution in [3.8, 4) is 0 Å². The maximum absolute atomic E-state index is 12.5. The van der Waals surface area contributed by atoms with E-state index in [0.29, 0.717) is 6.42 Å². The molecule has 9 nitrogen and oxygen atoms in total. The van der Waals surface area contributed by atoms with Crippen molar-refractivity contribution in [1.82, 2.24) is 0 Å². The Morgan fingerprint density at radius 2 is 1.10 bits per heavy atom. The van der Waals surface area contributed by atoms with Gasteiger partial charge >= 0.3 is 19.8 Å². The highest BCUT2D eigenvalue weighted by molar-refractivity contribution is 7.47. The van der Waals surface area contributed by atoms with Gasteiger partial charge in [0.05, 0.1) is 13.2 Å². The van der Waals surface area contributed by atoms with E-state index in [9.17, 15) is 19.0 Å². The van der Waals surface area contributed by atoms with Crippen molar-refractivity contribution in [2.24, 2.45) is 5.73 Å². The molecule has 48 heavy (non-hydrogen) atoms. The second-order valence-electron chi connectivity index (χ2n) is 12.4. The van der Waals surface area contributed by atoms with Gasteiger partial charge in [0.2, 0.25) is 0 Å². The third-order valence-electron chi connectivity index (χ3n) is 7.75. The number of carbonyl (C=O) groups excluding carboxylic acids is 2. The highest BCUT2D eigenvalue weighted by atomic mass is 31.2. The van der Waals surface area contributed by atoms with E-state index >= 15 is 0 Å². The van der Waals surface area contributed by atoms with Gasteiger partial charge in [-0.3, -0.25) is 18.6 Å². The number of hydrogen-bond donors (Lipinski definition) is 2. The highest BCUT2D eigenvalue weighted by Gasteiger charge is 2.25. The fourth-order valence-electron chi connectivity index (χ4n) is 4.88. The molecule has 2 atom stereocenters. The van der Waals surface area contributed by atoms with E-state index in [2.05, 4.69) is 50.3 Å². The monoisotopic (exact) mass is 699 g/mol. The summed E-state index contributed by atoms with van der Waals surface area (Å²) in [6.45, 7) is 3.63. The highest BCUT2D eigenvalue weighted by Crippen LogP contribution is 2.43. The first-order valence-electron chi connectivity index (χ1n) is 19.0. The summed E-state index contributed by atoms with van der Waals surface area (Å²) < 4.78 is 32.6. The maximum atomic E-state index is 12.5. The van der Waals surface area contributed by atoms with Gasteiger partial charge in [-0.05, 0) is 64.2 Å². The summed E-state index contributed by atoms with van der Waals surface area (Å²) in [4.78, 5) is 34.7. The minimum absolute atomic E-state index is 0.0493. The Hall–Kier alpha value is -1.77. The van der Waals surface area contributed by atoms with Gasteiger partial charge in [0, 0.05) is 19.4 Å². The van der Waals surface area contributed by atoms with Crippen LogP contribution in [-0.2, 0) is 32.7 Å². The van der Waals surface area contributed by atoms with E-state index in [-0.39, 0.29) is 32.6 Å². The lowest BCUT2D eigenvalue weighted by atomic mass is 10.1. The molecule has 0 fully saturated rings. The second-order valence-corrected chi connectivity index (χ2v) is 13.9. The average Bonchev–Trinajstić information content (AvgIpc) is 3.07. The lowest BCUT2D eigenvalue weighted by Crippen LogP contribution is -2.29. The van der Waals surface area contributed by atoms with Gasteiger partial charge in [-0.25, -0.2) is 4.57 Å². The van der Waals surface area contributed by atoms with Crippen LogP contribution in [0.4, 0.5) is 0 Å². The summed E-state index contributed by atoms with van der Waals surface area (Å²) in [6.07, 6.45) is 36.0. The van der Waals surface area contributed by atoms with Crippen LogP contribution >= 0.6 is 7.82 Å². The standard InChI is InChI=1S/C38H70NO8P/c1-3-5-7-9-11-13-15-17-19-21-23-25-27-29-31-38(41)47-36(35-46-48(42,43)45-33-32-39)34-44-37(40)30-28-26-24-22-20-18-16-14-12-10-8-6-4-2/h9,11,14-17,36H,3-8,10,12-13,18-35,39H2,1-2H3,(H,42,43)/b11-9-,16-14-,17-15-. The molecule has 0 heterocycles. The van der Waals surface area contributed by atoms with E-state index in [1.807, 2.05) is 0 Å².